The predicted molar refractivity (Wildman–Crippen MR) is 128 cm³/mol. The fourth-order valence-corrected chi connectivity index (χ4v) is 3.91. The predicted octanol–water partition coefficient (Wildman–Crippen LogP) is 8.23. The first-order chi connectivity index (χ1) is 14.7. The number of hydrogen-bond donors (Lipinski definition) is 1. The Morgan fingerprint density at radius 3 is 2.06 bits per heavy atom. The number of benzene rings is 2. The molecule has 0 saturated heterocycles. The van der Waals surface area contributed by atoms with Crippen molar-refractivity contribution in [2.24, 2.45) is 0 Å². The summed E-state index contributed by atoms with van der Waals surface area (Å²) in [6.07, 6.45) is 0.567. The van der Waals surface area contributed by atoms with Crippen LogP contribution >= 0.6 is 0 Å². The molecule has 1 aliphatic carbocycles. The van der Waals surface area contributed by atoms with Crippen molar-refractivity contribution in [2.75, 3.05) is 7.05 Å². The molecule has 4 heteroatoms. The molecule has 0 amide bonds. The molecule has 31 heavy (non-hydrogen) atoms. The number of allylic oxidation sites excluding steroid dienone is 1. The molecule has 3 rings (SSSR count). The third-order valence-corrected chi connectivity index (χ3v) is 5.74. The van der Waals surface area contributed by atoms with Crippen LogP contribution in [-0.4, -0.2) is 13.2 Å². The lowest BCUT2D eigenvalue weighted by atomic mass is 9.91. The van der Waals surface area contributed by atoms with Gasteiger partial charge in [0.15, 0.2) is 0 Å². The van der Waals surface area contributed by atoms with Crippen molar-refractivity contribution in [1.29, 1.82) is 0 Å². The van der Waals surface area contributed by atoms with Crippen molar-refractivity contribution < 1.29 is 13.2 Å². The van der Waals surface area contributed by atoms with Gasteiger partial charge in [0.25, 0.3) is 0 Å². The van der Waals surface area contributed by atoms with E-state index in [1.807, 2.05) is 73.7 Å². The summed E-state index contributed by atoms with van der Waals surface area (Å²) in [6, 6.07) is 9.62. The summed E-state index contributed by atoms with van der Waals surface area (Å²) in [4.78, 5) is 0. The monoisotopic (exact) mass is 433 g/mol. The van der Waals surface area contributed by atoms with Crippen molar-refractivity contribution in [1.82, 2.24) is 5.32 Å². The molecule has 2 aromatic carbocycles. The van der Waals surface area contributed by atoms with Gasteiger partial charge in [0.05, 0.1) is 5.92 Å². The van der Waals surface area contributed by atoms with E-state index in [0.717, 1.165) is 35.1 Å². The van der Waals surface area contributed by atoms with Crippen LogP contribution in [0, 0.1) is 20.8 Å². The van der Waals surface area contributed by atoms with E-state index in [0.29, 0.717) is 11.6 Å². The van der Waals surface area contributed by atoms with E-state index in [-0.39, 0.29) is 0 Å². The van der Waals surface area contributed by atoms with Crippen molar-refractivity contribution >= 4 is 6.08 Å². The minimum Gasteiger partial charge on any atom is -0.313 e. The average molecular weight is 434 g/mol. The second-order valence-electron chi connectivity index (χ2n) is 7.50. The van der Waals surface area contributed by atoms with Gasteiger partial charge in [-0.1, -0.05) is 70.2 Å². The van der Waals surface area contributed by atoms with E-state index in [4.69, 9.17) is 0 Å². The zero-order chi connectivity index (χ0) is 23.8. The molecule has 0 aliphatic heterocycles. The summed E-state index contributed by atoms with van der Waals surface area (Å²) in [5, 5.41) is 3.28. The topological polar surface area (TPSA) is 12.0 Å². The molecule has 2 unspecified atom stereocenters. The highest BCUT2D eigenvalue weighted by Crippen LogP contribution is 2.38. The highest BCUT2D eigenvalue weighted by Gasteiger charge is 2.39. The minimum absolute atomic E-state index is 0.302. The Hall–Kier alpha value is -2.07. The first kappa shape index (κ1) is 27.0. The van der Waals surface area contributed by atoms with Crippen molar-refractivity contribution in [3.8, 4) is 0 Å². The van der Waals surface area contributed by atoms with Crippen LogP contribution < -0.4 is 5.32 Å². The number of fused-ring (bicyclic) bond motifs is 1. The van der Waals surface area contributed by atoms with E-state index in [1.54, 1.807) is 18.2 Å². The zero-order valence-electron chi connectivity index (χ0n) is 20.2. The van der Waals surface area contributed by atoms with Crippen LogP contribution in [0.25, 0.3) is 6.08 Å². The largest absolute Gasteiger partial charge is 0.399 e. The van der Waals surface area contributed by atoms with Gasteiger partial charge in [-0.05, 0) is 79.6 Å². The van der Waals surface area contributed by atoms with Gasteiger partial charge in [-0.25, -0.2) is 0 Å². The maximum Gasteiger partial charge on any atom is 0.399 e. The van der Waals surface area contributed by atoms with Crippen LogP contribution in [0.1, 0.15) is 85.0 Å². The average Bonchev–Trinajstić information content (AvgIpc) is 3.16. The lowest BCUT2D eigenvalue weighted by Gasteiger charge is -2.19. The minimum atomic E-state index is -4.32. The van der Waals surface area contributed by atoms with E-state index >= 15 is 0 Å². The quantitative estimate of drug-likeness (QED) is 0.512. The van der Waals surface area contributed by atoms with E-state index in [1.165, 1.54) is 17.2 Å². The van der Waals surface area contributed by atoms with Crippen LogP contribution in [0.4, 0.5) is 13.2 Å². The van der Waals surface area contributed by atoms with E-state index in [9.17, 15) is 13.2 Å². The normalized spacial score (nSPS) is 16.2. The van der Waals surface area contributed by atoms with Crippen LogP contribution in [-0.2, 0) is 6.42 Å². The first-order valence-corrected chi connectivity index (χ1v) is 11.3. The Kier molecular flexibility index (Phi) is 10.5. The number of rotatable bonds is 4. The molecule has 0 bridgehead atoms. The van der Waals surface area contributed by atoms with Crippen molar-refractivity contribution in [2.45, 2.75) is 79.4 Å². The smallest absolute Gasteiger partial charge is 0.313 e. The molecule has 1 N–H and O–H groups in total. The Morgan fingerprint density at radius 1 is 0.968 bits per heavy atom. The lowest BCUT2D eigenvalue weighted by molar-refractivity contribution is -0.139. The molecule has 0 fully saturated rings. The fraction of sp³-hybridized carbons (Fsp3) is 0.481. The molecule has 0 spiro atoms. The Bertz CT molecular complexity index is 842. The number of aryl methyl sites for hydroxylation is 3. The lowest BCUT2D eigenvalue weighted by Crippen LogP contribution is -2.19. The molecule has 1 aliphatic rings. The van der Waals surface area contributed by atoms with Gasteiger partial charge in [-0.3, -0.25) is 0 Å². The summed E-state index contributed by atoms with van der Waals surface area (Å²) in [7, 11) is 1.94. The van der Waals surface area contributed by atoms with Crippen LogP contribution in [0.3, 0.4) is 0 Å². The summed E-state index contributed by atoms with van der Waals surface area (Å²) in [5.74, 6) is -1.60. The number of alkyl halides is 3. The number of nitrogens with one attached hydrogen (secondary N) is 1. The third kappa shape index (κ3) is 6.70. The molecule has 0 saturated carbocycles. The summed E-state index contributed by atoms with van der Waals surface area (Å²) in [5.41, 5.74) is 6.43. The molecule has 0 radical (unpaired) electrons. The first-order valence-electron chi connectivity index (χ1n) is 11.3. The van der Waals surface area contributed by atoms with E-state index < -0.39 is 12.1 Å². The van der Waals surface area contributed by atoms with Gasteiger partial charge in [-0.2, -0.15) is 13.2 Å². The van der Waals surface area contributed by atoms with Crippen molar-refractivity contribution in [3.63, 3.8) is 0 Å². The Balaban J connectivity index is 0.00000113. The standard InChI is InChI=1S/C23H26F3N.2C2H6/c1-14-11-19(12-15(2)16(14)3)21(23(24,25)26)9-6-17-5-8-20-18(13-17)7-10-22(20)27-4;2*1-2/h5-6,8-9,11-13,21-22,27H,7,10H2,1-4H3;2*1-2H3/b9-6+;;. The molecule has 0 heterocycles. The molecule has 0 aromatic heterocycles. The molecule has 172 valence electrons. The van der Waals surface area contributed by atoms with E-state index in [2.05, 4.69) is 5.32 Å². The van der Waals surface area contributed by atoms with Gasteiger partial charge in [-0.15, -0.1) is 0 Å². The fourth-order valence-electron chi connectivity index (χ4n) is 3.91. The Morgan fingerprint density at radius 2 is 1.55 bits per heavy atom. The SMILES string of the molecule is CC.CC.CNC1CCc2cc(/C=C/C(c3cc(C)c(C)c(C)c3)C(F)(F)F)ccc21. The maximum absolute atomic E-state index is 13.7. The zero-order valence-corrected chi connectivity index (χ0v) is 20.2. The van der Waals surface area contributed by atoms with Gasteiger partial charge in [0.2, 0.25) is 0 Å². The third-order valence-electron chi connectivity index (χ3n) is 5.74. The summed E-state index contributed by atoms with van der Waals surface area (Å²) in [6.45, 7) is 13.7. The van der Waals surface area contributed by atoms with Gasteiger partial charge in [0, 0.05) is 6.04 Å². The summed E-state index contributed by atoms with van der Waals surface area (Å²) >= 11 is 0. The molecular weight excluding hydrogens is 395 g/mol. The number of hydrogen-bond acceptors (Lipinski definition) is 1. The van der Waals surface area contributed by atoms with Crippen molar-refractivity contribution in [3.05, 3.63) is 75.4 Å². The highest BCUT2D eigenvalue weighted by atomic mass is 19.4. The van der Waals surface area contributed by atoms with Gasteiger partial charge >= 0.3 is 6.18 Å². The van der Waals surface area contributed by atoms with Crippen LogP contribution in [0.15, 0.2) is 36.4 Å². The van der Waals surface area contributed by atoms with Crippen LogP contribution in [0.5, 0.6) is 0 Å². The molecule has 1 nitrogen and oxygen atoms in total. The Labute approximate surface area is 186 Å². The molecule has 2 atom stereocenters. The van der Waals surface area contributed by atoms with Gasteiger partial charge in [0.1, 0.15) is 0 Å². The second-order valence-corrected chi connectivity index (χ2v) is 7.50. The summed E-state index contributed by atoms with van der Waals surface area (Å²) < 4.78 is 41.2. The maximum atomic E-state index is 13.7. The van der Waals surface area contributed by atoms with Crippen LogP contribution in [0.2, 0.25) is 0 Å². The van der Waals surface area contributed by atoms with Gasteiger partial charge < -0.3 is 5.32 Å². The molecule has 2 aromatic rings. The molecular formula is C27H38F3N. The number of halogens is 3. The highest BCUT2D eigenvalue weighted by molar-refractivity contribution is 5.55. The second kappa shape index (κ2) is 12.1.